The molecule has 0 heterocycles. The summed E-state index contributed by atoms with van der Waals surface area (Å²) < 4.78 is 21.7. The molecule has 0 bridgehead atoms. The molecule has 8 heteroatoms. The van der Waals surface area contributed by atoms with E-state index in [0.29, 0.717) is 0 Å². The van der Waals surface area contributed by atoms with Crippen molar-refractivity contribution in [3.05, 3.63) is 47.5 Å². The lowest BCUT2D eigenvalue weighted by Gasteiger charge is -2.08. The summed E-state index contributed by atoms with van der Waals surface area (Å²) in [6.45, 7) is 0. The van der Waals surface area contributed by atoms with Gasteiger partial charge in [0, 0.05) is 9.79 Å². The Morgan fingerprint density at radius 3 is 1.54 bits per heavy atom. The van der Waals surface area contributed by atoms with Crippen LogP contribution in [-0.4, -0.2) is 40.6 Å². The predicted molar refractivity (Wildman–Crippen MR) is 83.6 cm³/mol. The van der Waals surface area contributed by atoms with Crippen LogP contribution in [0.2, 0.25) is 0 Å². The van der Waals surface area contributed by atoms with Crippen LogP contribution in [0.3, 0.4) is 0 Å². The molecule has 0 fully saturated rings. The van der Waals surface area contributed by atoms with E-state index >= 15 is 0 Å². The molecule has 0 amide bonds. The van der Waals surface area contributed by atoms with Gasteiger partial charge in [-0.3, -0.25) is 0 Å². The molecule has 2 aromatic carbocycles. The van der Waals surface area contributed by atoms with Gasteiger partial charge in [0.15, 0.2) is 0 Å². The third kappa shape index (κ3) is 3.38. The maximum atomic E-state index is 12.6. The van der Waals surface area contributed by atoms with E-state index in [1.54, 1.807) is 0 Å². The summed E-state index contributed by atoms with van der Waals surface area (Å²) >= 11 is 0. The molecule has 2 aromatic rings. The molecular weight excluding hydrogens is 336 g/mol. The average Bonchev–Trinajstić information content (AvgIpc) is 2.60. The van der Waals surface area contributed by atoms with Crippen molar-refractivity contribution in [2.45, 2.75) is 9.79 Å². The Kier molecular flexibility index (Phi) is 5.20. The standard InChI is InChI=1S/C16H14O7S/c1-22-15(19)11-7-9(3-5-13(11)17)24(21)10-4-6-14(18)12(8-10)16(20)23-2/h3-8,17-18H,1-2H3. The smallest absolute Gasteiger partial charge is 0.341 e. The minimum atomic E-state index is -1.76. The molecule has 0 aliphatic carbocycles. The van der Waals surface area contributed by atoms with Gasteiger partial charge in [0.1, 0.15) is 22.6 Å². The Hall–Kier alpha value is -2.87. The molecule has 2 N–H and O–H groups in total. The van der Waals surface area contributed by atoms with Gasteiger partial charge in [0.2, 0.25) is 0 Å². The number of benzene rings is 2. The Labute approximate surface area is 139 Å². The van der Waals surface area contributed by atoms with Gasteiger partial charge in [0.25, 0.3) is 0 Å². The van der Waals surface area contributed by atoms with Crippen LogP contribution in [0.5, 0.6) is 11.5 Å². The van der Waals surface area contributed by atoms with Gasteiger partial charge in [-0.1, -0.05) is 0 Å². The highest BCUT2D eigenvalue weighted by Gasteiger charge is 2.18. The van der Waals surface area contributed by atoms with Crippen LogP contribution in [0.4, 0.5) is 0 Å². The first-order valence-electron chi connectivity index (χ1n) is 6.63. The first kappa shape index (κ1) is 17.5. The van der Waals surface area contributed by atoms with E-state index in [9.17, 15) is 24.0 Å². The highest BCUT2D eigenvalue weighted by atomic mass is 32.2. The number of phenolic OH excluding ortho intramolecular Hbond substituents is 2. The molecule has 0 saturated carbocycles. The first-order chi connectivity index (χ1) is 11.4. The van der Waals surface area contributed by atoms with E-state index in [2.05, 4.69) is 9.47 Å². The van der Waals surface area contributed by atoms with Crippen LogP contribution in [0.25, 0.3) is 0 Å². The fraction of sp³-hybridized carbons (Fsp3) is 0.125. The van der Waals surface area contributed by atoms with Gasteiger partial charge in [-0.15, -0.1) is 0 Å². The quantitative estimate of drug-likeness (QED) is 0.810. The zero-order valence-corrected chi connectivity index (χ0v) is 13.6. The van der Waals surface area contributed by atoms with Crippen molar-refractivity contribution >= 4 is 22.7 Å². The van der Waals surface area contributed by atoms with Crippen LogP contribution < -0.4 is 0 Å². The minimum absolute atomic E-state index is 0.129. The molecule has 0 unspecified atom stereocenters. The number of carbonyl (C=O) groups excluding carboxylic acids is 2. The largest absolute Gasteiger partial charge is 0.507 e. The zero-order valence-electron chi connectivity index (χ0n) is 12.8. The highest BCUT2D eigenvalue weighted by molar-refractivity contribution is 7.85. The fourth-order valence-electron chi connectivity index (χ4n) is 1.94. The van der Waals surface area contributed by atoms with Crippen LogP contribution in [0, 0.1) is 0 Å². The zero-order chi connectivity index (χ0) is 17.9. The van der Waals surface area contributed by atoms with Crippen molar-refractivity contribution in [1.82, 2.24) is 0 Å². The number of ether oxygens (including phenoxy) is 2. The lowest BCUT2D eigenvalue weighted by atomic mass is 10.2. The van der Waals surface area contributed by atoms with Gasteiger partial charge in [-0.25, -0.2) is 13.8 Å². The van der Waals surface area contributed by atoms with Crippen LogP contribution in [-0.2, 0) is 20.3 Å². The predicted octanol–water partition coefficient (Wildman–Crippen LogP) is 1.84. The summed E-state index contributed by atoms with van der Waals surface area (Å²) in [4.78, 5) is 23.6. The van der Waals surface area contributed by atoms with E-state index in [-0.39, 0.29) is 32.4 Å². The highest BCUT2D eigenvalue weighted by Crippen LogP contribution is 2.27. The monoisotopic (exact) mass is 350 g/mol. The molecule has 0 aliphatic heterocycles. The SMILES string of the molecule is COC(=O)c1cc(S(=O)c2ccc(O)c(C(=O)OC)c2)ccc1O. The van der Waals surface area contributed by atoms with Crippen molar-refractivity contribution in [3.8, 4) is 11.5 Å². The van der Waals surface area contributed by atoms with Crippen molar-refractivity contribution in [1.29, 1.82) is 0 Å². The summed E-state index contributed by atoms with van der Waals surface area (Å²) in [6, 6.07) is 7.68. The van der Waals surface area contributed by atoms with Gasteiger partial charge in [0.05, 0.1) is 25.0 Å². The molecule has 0 spiro atoms. The number of hydrogen-bond donors (Lipinski definition) is 2. The first-order valence-corrected chi connectivity index (χ1v) is 7.78. The van der Waals surface area contributed by atoms with Gasteiger partial charge < -0.3 is 19.7 Å². The maximum Gasteiger partial charge on any atom is 0.341 e. The summed E-state index contributed by atoms with van der Waals surface area (Å²) in [6.07, 6.45) is 0. The molecule has 0 radical (unpaired) electrons. The second-order valence-electron chi connectivity index (χ2n) is 4.61. The van der Waals surface area contributed by atoms with Gasteiger partial charge in [-0.05, 0) is 36.4 Å². The molecule has 126 valence electrons. The van der Waals surface area contributed by atoms with E-state index in [4.69, 9.17) is 0 Å². The number of methoxy groups -OCH3 is 2. The summed E-state index contributed by atoms with van der Waals surface area (Å²) in [5, 5.41) is 19.4. The van der Waals surface area contributed by atoms with Crippen LogP contribution in [0.1, 0.15) is 20.7 Å². The Bertz CT molecular complexity index is 762. The summed E-state index contributed by atoms with van der Waals surface area (Å²) in [7, 11) is 0.563. The van der Waals surface area contributed by atoms with Crippen LogP contribution in [0.15, 0.2) is 46.2 Å². The molecule has 0 aliphatic rings. The number of hydrogen-bond acceptors (Lipinski definition) is 7. The van der Waals surface area contributed by atoms with E-state index in [0.717, 1.165) is 14.2 Å². The van der Waals surface area contributed by atoms with Crippen molar-refractivity contribution in [2.75, 3.05) is 14.2 Å². The minimum Gasteiger partial charge on any atom is -0.507 e. The van der Waals surface area contributed by atoms with Crippen molar-refractivity contribution in [3.63, 3.8) is 0 Å². The van der Waals surface area contributed by atoms with Gasteiger partial charge in [-0.2, -0.15) is 0 Å². The maximum absolute atomic E-state index is 12.6. The number of rotatable bonds is 4. The Balaban J connectivity index is 2.46. The third-order valence-corrected chi connectivity index (χ3v) is 4.54. The summed E-state index contributed by atoms with van der Waals surface area (Å²) in [5.41, 5.74) is -0.259. The number of phenols is 2. The second kappa shape index (κ2) is 7.14. The average molecular weight is 350 g/mol. The molecule has 0 atom stereocenters. The lowest BCUT2D eigenvalue weighted by Crippen LogP contribution is -2.05. The number of aromatic hydroxyl groups is 2. The molecule has 24 heavy (non-hydrogen) atoms. The molecule has 0 saturated heterocycles. The molecule has 7 nitrogen and oxygen atoms in total. The summed E-state index contributed by atoms with van der Waals surface area (Å²) in [5.74, 6) is -2.15. The van der Waals surface area contributed by atoms with E-state index in [1.165, 1.54) is 36.4 Å². The normalized spacial score (nSPS) is 10.5. The van der Waals surface area contributed by atoms with E-state index in [1.807, 2.05) is 0 Å². The fourth-order valence-corrected chi connectivity index (χ4v) is 3.05. The number of carbonyl (C=O) groups is 2. The molecule has 0 aromatic heterocycles. The molecular formula is C16H14O7S. The van der Waals surface area contributed by atoms with Crippen molar-refractivity contribution in [2.24, 2.45) is 0 Å². The number of esters is 2. The topological polar surface area (TPSA) is 110 Å². The molecule has 2 rings (SSSR count). The van der Waals surface area contributed by atoms with Crippen molar-refractivity contribution < 1.29 is 33.5 Å². The lowest BCUT2D eigenvalue weighted by molar-refractivity contribution is 0.0588. The van der Waals surface area contributed by atoms with Crippen LogP contribution >= 0.6 is 0 Å². The van der Waals surface area contributed by atoms with E-state index < -0.39 is 22.7 Å². The Morgan fingerprint density at radius 2 is 1.21 bits per heavy atom. The Morgan fingerprint density at radius 1 is 0.833 bits per heavy atom. The van der Waals surface area contributed by atoms with Gasteiger partial charge >= 0.3 is 11.9 Å². The third-order valence-electron chi connectivity index (χ3n) is 3.17. The second-order valence-corrected chi connectivity index (χ2v) is 6.09.